The van der Waals surface area contributed by atoms with E-state index in [4.69, 9.17) is 10.7 Å². The third-order valence-electron chi connectivity index (χ3n) is 6.86. The highest BCUT2D eigenvalue weighted by molar-refractivity contribution is 5.89. The number of nitrogens with two attached hydrogens (primary N) is 1. The number of imidazole rings is 1. The maximum absolute atomic E-state index is 14.0. The Bertz CT molecular complexity index is 1440. The number of amides is 2. The maximum Gasteiger partial charge on any atom is 0.322 e. The fourth-order valence-electron chi connectivity index (χ4n) is 4.81. The van der Waals surface area contributed by atoms with E-state index in [1.807, 2.05) is 87.6 Å². The predicted octanol–water partition coefficient (Wildman–Crippen LogP) is 6.21. The summed E-state index contributed by atoms with van der Waals surface area (Å²) in [6.45, 7) is 6.54. The van der Waals surface area contributed by atoms with Crippen LogP contribution in [0.4, 0.5) is 19.3 Å². The minimum absolute atomic E-state index is 0.121. The molecule has 1 heterocycles. The molecule has 3 aromatic carbocycles. The van der Waals surface area contributed by atoms with Crippen molar-refractivity contribution in [2.75, 3.05) is 18.5 Å². The van der Waals surface area contributed by atoms with E-state index in [2.05, 4.69) is 9.88 Å². The molecule has 0 unspecified atom stereocenters. The van der Waals surface area contributed by atoms with Crippen molar-refractivity contribution in [3.8, 4) is 11.3 Å². The van der Waals surface area contributed by atoms with Crippen LogP contribution in [-0.2, 0) is 6.54 Å². The first kappa shape index (κ1) is 29.9. The van der Waals surface area contributed by atoms with Gasteiger partial charge in [-0.25, -0.2) is 18.6 Å². The number of carbonyl (C=O) groups excluding carboxylic acids is 1. The van der Waals surface area contributed by atoms with E-state index in [0.29, 0.717) is 18.8 Å². The second-order valence-electron chi connectivity index (χ2n) is 11.2. The van der Waals surface area contributed by atoms with Crippen molar-refractivity contribution in [1.82, 2.24) is 14.5 Å². The molecular weight excluding hydrogens is 524 g/mol. The SMILES string of the molecule is CC(C)(C)[C@H](c1nc(-c2ccccc2)cn1Cc1ccccc1)N(CC[C@H](N)CO)C(=O)Nc1ccc(F)c(F)c1. The zero-order valence-electron chi connectivity index (χ0n) is 23.6. The van der Waals surface area contributed by atoms with Crippen LogP contribution in [0.2, 0.25) is 0 Å². The topological polar surface area (TPSA) is 96.4 Å². The van der Waals surface area contributed by atoms with Crippen molar-refractivity contribution in [1.29, 1.82) is 0 Å². The Morgan fingerprint density at radius 2 is 1.68 bits per heavy atom. The van der Waals surface area contributed by atoms with Gasteiger partial charge in [0, 0.05) is 42.6 Å². The molecule has 1 aromatic heterocycles. The first-order chi connectivity index (χ1) is 19.6. The summed E-state index contributed by atoms with van der Waals surface area (Å²) >= 11 is 0. The number of urea groups is 1. The number of nitrogens with one attached hydrogen (secondary N) is 1. The number of benzene rings is 3. The lowest BCUT2D eigenvalue weighted by Gasteiger charge is -2.40. The normalized spacial score (nSPS) is 13.0. The Morgan fingerprint density at radius 3 is 2.29 bits per heavy atom. The van der Waals surface area contributed by atoms with Crippen molar-refractivity contribution in [3.05, 3.63) is 108 Å². The van der Waals surface area contributed by atoms with Gasteiger partial charge in [-0.3, -0.25) is 0 Å². The van der Waals surface area contributed by atoms with Crippen LogP contribution < -0.4 is 11.1 Å². The Morgan fingerprint density at radius 1 is 1.02 bits per heavy atom. The summed E-state index contributed by atoms with van der Waals surface area (Å²) in [4.78, 5) is 20.6. The van der Waals surface area contributed by atoms with Crippen LogP contribution in [0.25, 0.3) is 11.3 Å². The molecule has 0 fully saturated rings. The molecule has 0 radical (unpaired) electrons. The van der Waals surface area contributed by atoms with Crippen molar-refractivity contribution in [2.45, 2.75) is 45.8 Å². The largest absolute Gasteiger partial charge is 0.395 e. The zero-order chi connectivity index (χ0) is 29.6. The quantitative estimate of drug-likeness (QED) is 0.215. The van der Waals surface area contributed by atoms with E-state index in [0.717, 1.165) is 29.0 Å². The molecule has 4 N–H and O–H groups in total. The average molecular weight is 562 g/mol. The summed E-state index contributed by atoms with van der Waals surface area (Å²) in [7, 11) is 0. The van der Waals surface area contributed by atoms with Crippen LogP contribution in [-0.4, -0.2) is 44.8 Å². The maximum atomic E-state index is 14.0. The molecular formula is C32H37F2N5O2. The molecule has 41 heavy (non-hydrogen) atoms. The Labute approximate surface area is 239 Å². The first-order valence-electron chi connectivity index (χ1n) is 13.6. The van der Waals surface area contributed by atoms with Gasteiger partial charge in [-0.15, -0.1) is 0 Å². The lowest BCUT2D eigenvalue weighted by Crippen LogP contribution is -2.46. The zero-order valence-corrected chi connectivity index (χ0v) is 23.6. The molecule has 0 saturated carbocycles. The Hall–Kier alpha value is -4.08. The molecule has 4 aromatic rings. The van der Waals surface area contributed by atoms with Gasteiger partial charge >= 0.3 is 6.03 Å². The van der Waals surface area contributed by atoms with E-state index >= 15 is 0 Å². The number of aliphatic hydroxyl groups is 1. The fourth-order valence-corrected chi connectivity index (χ4v) is 4.81. The smallest absolute Gasteiger partial charge is 0.322 e. The van der Waals surface area contributed by atoms with Gasteiger partial charge in [-0.1, -0.05) is 81.4 Å². The highest BCUT2D eigenvalue weighted by Crippen LogP contribution is 2.39. The predicted molar refractivity (Wildman–Crippen MR) is 157 cm³/mol. The average Bonchev–Trinajstić information content (AvgIpc) is 3.35. The molecule has 0 aliphatic heterocycles. The molecule has 0 spiro atoms. The van der Waals surface area contributed by atoms with E-state index in [1.54, 1.807) is 4.90 Å². The summed E-state index contributed by atoms with van der Waals surface area (Å²) < 4.78 is 29.6. The highest BCUT2D eigenvalue weighted by Gasteiger charge is 2.38. The van der Waals surface area contributed by atoms with Gasteiger partial charge in [-0.2, -0.15) is 0 Å². The second-order valence-corrected chi connectivity index (χ2v) is 11.2. The Balaban J connectivity index is 1.81. The third kappa shape index (κ3) is 7.56. The molecule has 0 aliphatic carbocycles. The number of aromatic nitrogens is 2. The number of halogens is 2. The van der Waals surface area contributed by atoms with Crippen molar-refractivity contribution in [3.63, 3.8) is 0 Å². The number of anilines is 1. The minimum atomic E-state index is -1.06. The van der Waals surface area contributed by atoms with E-state index in [1.165, 1.54) is 6.07 Å². The van der Waals surface area contributed by atoms with Crippen molar-refractivity contribution in [2.24, 2.45) is 11.1 Å². The van der Waals surface area contributed by atoms with Gasteiger partial charge in [0.05, 0.1) is 18.3 Å². The van der Waals surface area contributed by atoms with Crippen LogP contribution in [0.5, 0.6) is 0 Å². The minimum Gasteiger partial charge on any atom is -0.395 e. The summed E-state index contributed by atoms with van der Waals surface area (Å²) in [6, 6.07) is 21.4. The number of carbonyl (C=O) groups is 1. The third-order valence-corrected chi connectivity index (χ3v) is 6.86. The summed E-state index contributed by atoms with van der Waals surface area (Å²) in [5.41, 5.74) is 8.43. The highest BCUT2D eigenvalue weighted by atomic mass is 19.2. The number of aliphatic hydroxyl groups excluding tert-OH is 1. The molecule has 4 rings (SSSR count). The van der Waals surface area contributed by atoms with Gasteiger partial charge in [0.25, 0.3) is 0 Å². The van der Waals surface area contributed by atoms with Gasteiger partial charge < -0.3 is 25.6 Å². The fraction of sp³-hybridized carbons (Fsp3) is 0.312. The first-order valence-corrected chi connectivity index (χ1v) is 13.6. The molecule has 216 valence electrons. The van der Waals surface area contributed by atoms with Crippen LogP contribution in [0.3, 0.4) is 0 Å². The van der Waals surface area contributed by atoms with Gasteiger partial charge in [0.2, 0.25) is 0 Å². The number of nitrogens with zero attached hydrogens (tertiary/aromatic N) is 3. The number of hydrogen-bond acceptors (Lipinski definition) is 4. The molecule has 2 amide bonds. The van der Waals surface area contributed by atoms with E-state index < -0.39 is 35.2 Å². The summed E-state index contributed by atoms with van der Waals surface area (Å²) in [6.07, 6.45) is 2.31. The van der Waals surface area contributed by atoms with E-state index in [9.17, 15) is 18.7 Å². The van der Waals surface area contributed by atoms with E-state index in [-0.39, 0.29) is 18.8 Å². The summed E-state index contributed by atoms with van der Waals surface area (Å²) in [5, 5.41) is 12.3. The molecule has 0 saturated heterocycles. The van der Waals surface area contributed by atoms with Gasteiger partial charge in [0.15, 0.2) is 11.6 Å². The monoisotopic (exact) mass is 561 g/mol. The lowest BCUT2D eigenvalue weighted by molar-refractivity contribution is 0.111. The van der Waals surface area contributed by atoms with Crippen molar-refractivity contribution < 1.29 is 18.7 Å². The van der Waals surface area contributed by atoms with Crippen LogP contribution in [0.1, 0.15) is 44.6 Å². The van der Waals surface area contributed by atoms with Gasteiger partial charge in [0.1, 0.15) is 5.82 Å². The second kappa shape index (κ2) is 13.1. The molecule has 9 heteroatoms. The molecule has 0 bridgehead atoms. The number of hydrogen-bond donors (Lipinski definition) is 3. The van der Waals surface area contributed by atoms with Crippen LogP contribution >= 0.6 is 0 Å². The van der Waals surface area contributed by atoms with Gasteiger partial charge in [-0.05, 0) is 29.5 Å². The lowest BCUT2D eigenvalue weighted by atomic mass is 9.84. The molecule has 0 aliphatic rings. The summed E-state index contributed by atoms with van der Waals surface area (Å²) in [5.74, 6) is -1.40. The van der Waals surface area contributed by atoms with Crippen LogP contribution in [0.15, 0.2) is 85.1 Å². The van der Waals surface area contributed by atoms with Crippen molar-refractivity contribution >= 4 is 11.7 Å². The molecule has 7 nitrogen and oxygen atoms in total. The van der Waals surface area contributed by atoms with Crippen LogP contribution in [0, 0.1) is 17.0 Å². The standard InChI is InChI=1S/C32H37F2N5O2/c1-32(2,3)29(39(17-16-24(35)21-40)31(41)36-25-14-15-26(33)27(34)18-25)30-37-28(23-12-8-5-9-13-23)20-38(30)19-22-10-6-4-7-11-22/h4-15,18,20,24,29,40H,16-17,19,21,35H2,1-3H3,(H,36,41)/t24-,29-/m0/s1. The molecule has 2 atom stereocenters. The number of rotatable bonds is 10. The Kier molecular flexibility index (Phi) is 9.52.